The fourth-order valence-electron chi connectivity index (χ4n) is 4.14. The number of unbranched alkanes of at least 4 members (excludes halogenated alkanes) is 6. The van der Waals surface area contributed by atoms with Crippen molar-refractivity contribution in [2.75, 3.05) is 26.3 Å². The van der Waals surface area contributed by atoms with Gasteiger partial charge >= 0.3 is 5.97 Å². The number of piperidine rings is 1. The van der Waals surface area contributed by atoms with E-state index in [0.29, 0.717) is 13.2 Å². The highest BCUT2D eigenvalue weighted by Crippen LogP contribution is 2.20. The molecule has 1 aromatic heterocycles. The first-order valence-electron chi connectivity index (χ1n) is 11.8. The van der Waals surface area contributed by atoms with Gasteiger partial charge in [0.2, 0.25) is 0 Å². The largest absolute Gasteiger partial charge is 0.466 e. The molecule has 10 heteroatoms. The molecule has 32 heavy (non-hydrogen) atoms. The third-order valence-corrected chi connectivity index (χ3v) is 6.02. The lowest BCUT2D eigenvalue weighted by Gasteiger charge is -2.43. The van der Waals surface area contributed by atoms with Gasteiger partial charge in [-0.3, -0.25) is 14.4 Å². The van der Waals surface area contributed by atoms with E-state index in [2.05, 4.69) is 10.3 Å². The predicted molar refractivity (Wildman–Crippen MR) is 118 cm³/mol. The summed E-state index contributed by atoms with van der Waals surface area (Å²) < 4.78 is 6.79. The second-order valence-electron chi connectivity index (χ2n) is 8.68. The van der Waals surface area contributed by atoms with Gasteiger partial charge in [0, 0.05) is 26.2 Å². The van der Waals surface area contributed by atoms with Crippen LogP contribution in [0, 0.1) is 0 Å². The summed E-state index contributed by atoms with van der Waals surface area (Å²) in [6, 6.07) is -0.514. The quantitative estimate of drug-likeness (QED) is 0.216. The SMILES string of the molecule is CC(=O)OCCCc1cn(CCCCCCCCCN2C[C@H](O)[C@@H](O)[C@H](O)[C@H]2CO)nn1. The van der Waals surface area contributed by atoms with Crippen LogP contribution in [0.2, 0.25) is 0 Å². The molecule has 2 rings (SSSR count). The normalized spacial score (nSPS) is 24.0. The van der Waals surface area contributed by atoms with E-state index < -0.39 is 24.4 Å². The van der Waals surface area contributed by atoms with Gasteiger partial charge in [-0.1, -0.05) is 37.3 Å². The van der Waals surface area contributed by atoms with Gasteiger partial charge in [-0.05, 0) is 32.2 Å². The number of hydrogen-bond donors (Lipinski definition) is 4. The molecule has 1 saturated heterocycles. The molecule has 4 N–H and O–H groups in total. The van der Waals surface area contributed by atoms with E-state index in [0.717, 1.165) is 70.0 Å². The lowest BCUT2D eigenvalue weighted by Crippen LogP contribution is -2.62. The van der Waals surface area contributed by atoms with E-state index in [9.17, 15) is 25.2 Å². The van der Waals surface area contributed by atoms with Crippen LogP contribution in [0.3, 0.4) is 0 Å². The van der Waals surface area contributed by atoms with Gasteiger partial charge in [-0.2, -0.15) is 0 Å². The number of aliphatic hydroxyl groups excluding tert-OH is 4. The van der Waals surface area contributed by atoms with Gasteiger partial charge < -0.3 is 25.2 Å². The lowest BCUT2D eigenvalue weighted by molar-refractivity contribution is -0.145. The van der Waals surface area contributed by atoms with Crippen LogP contribution < -0.4 is 0 Å². The zero-order valence-corrected chi connectivity index (χ0v) is 19.2. The Morgan fingerprint density at radius 2 is 1.69 bits per heavy atom. The number of rotatable bonds is 15. The first-order chi connectivity index (χ1) is 15.4. The number of aliphatic hydroxyl groups is 4. The molecule has 0 aliphatic carbocycles. The molecule has 0 bridgehead atoms. The number of carbonyl (C=O) groups excluding carboxylic acids is 1. The minimum Gasteiger partial charge on any atom is -0.466 e. The molecule has 0 amide bonds. The van der Waals surface area contributed by atoms with Crippen molar-refractivity contribution in [2.24, 2.45) is 0 Å². The average molecular weight is 457 g/mol. The summed E-state index contributed by atoms with van der Waals surface area (Å²) in [6.07, 6.45) is 7.80. The zero-order valence-electron chi connectivity index (χ0n) is 19.2. The number of aryl methyl sites for hydroxylation is 2. The van der Waals surface area contributed by atoms with Crippen LogP contribution in [0.25, 0.3) is 0 Å². The van der Waals surface area contributed by atoms with Crippen LogP contribution in [0.15, 0.2) is 6.20 Å². The number of hydrogen-bond acceptors (Lipinski definition) is 9. The van der Waals surface area contributed by atoms with E-state index in [1.165, 1.54) is 6.92 Å². The first kappa shape index (κ1) is 26.7. The Kier molecular flexibility index (Phi) is 12.1. The summed E-state index contributed by atoms with van der Waals surface area (Å²) in [4.78, 5) is 12.6. The zero-order chi connectivity index (χ0) is 23.3. The summed E-state index contributed by atoms with van der Waals surface area (Å²) in [5, 5.41) is 47.4. The molecule has 2 heterocycles. The maximum atomic E-state index is 10.7. The maximum absolute atomic E-state index is 10.7. The number of β-amino-alcohol motifs (C(OH)–C–C–N with tert-alkyl or cyclic N) is 1. The van der Waals surface area contributed by atoms with Crippen molar-refractivity contribution in [2.45, 2.75) is 95.6 Å². The Balaban J connectivity index is 1.48. The van der Waals surface area contributed by atoms with Crippen molar-refractivity contribution in [3.63, 3.8) is 0 Å². The first-order valence-corrected chi connectivity index (χ1v) is 11.8. The highest BCUT2D eigenvalue weighted by atomic mass is 16.5. The molecule has 0 aromatic carbocycles. The standard InChI is InChI=1S/C22H40N4O6/c1-17(28)32-13-9-10-18-14-26(24-23-18)12-8-6-4-2-3-5-7-11-25-15-20(29)22(31)21(30)19(25)16-27/h14,19-22,27,29-31H,2-13,15-16H2,1H3/t19-,20+,21-,22-/m1/s1. The second kappa shape index (κ2) is 14.5. The van der Waals surface area contributed by atoms with Crippen LogP contribution >= 0.6 is 0 Å². The van der Waals surface area contributed by atoms with Crippen LogP contribution in [0.5, 0.6) is 0 Å². The number of ether oxygens (including phenoxy) is 1. The van der Waals surface area contributed by atoms with Crippen molar-refractivity contribution in [1.29, 1.82) is 0 Å². The van der Waals surface area contributed by atoms with Gasteiger partial charge in [0.1, 0.15) is 12.2 Å². The molecule has 0 spiro atoms. The van der Waals surface area contributed by atoms with Crippen molar-refractivity contribution < 1.29 is 30.0 Å². The second-order valence-corrected chi connectivity index (χ2v) is 8.68. The highest BCUT2D eigenvalue weighted by molar-refractivity contribution is 5.65. The van der Waals surface area contributed by atoms with Crippen molar-refractivity contribution in [3.8, 4) is 0 Å². The maximum Gasteiger partial charge on any atom is 0.302 e. The summed E-state index contributed by atoms with van der Waals surface area (Å²) in [5.74, 6) is -0.258. The van der Waals surface area contributed by atoms with Crippen molar-refractivity contribution in [3.05, 3.63) is 11.9 Å². The van der Waals surface area contributed by atoms with Gasteiger partial charge in [0.15, 0.2) is 0 Å². The summed E-state index contributed by atoms with van der Waals surface area (Å²) >= 11 is 0. The Labute approximate surface area is 190 Å². The molecule has 1 aliphatic rings. The molecule has 1 aromatic rings. The number of aromatic nitrogens is 3. The van der Waals surface area contributed by atoms with E-state index in [1.807, 2.05) is 15.8 Å². The third kappa shape index (κ3) is 9.11. The average Bonchev–Trinajstić information content (AvgIpc) is 3.21. The molecule has 4 atom stereocenters. The molecule has 1 fully saturated rings. The number of esters is 1. The summed E-state index contributed by atoms with van der Waals surface area (Å²) in [7, 11) is 0. The molecule has 0 saturated carbocycles. The Morgan fingerprint density at radius 3 is 2.34 bits per heavy atom. The van der Waals surface area contributed by atoms with Gasteiger partial charge in [-0.15, -0.1) is 5.10 Å². The summed E-state index contributed by atoms with van der Waals surface area (Å²) in [5.41, 5.74) is 0.920. The molecule has 0 unspecified atom stereocenters. The molecular weight excluding hydrogens is 416 g/mol. The van der Waals surface area contributed by atoms with Crippen molar-refractivity contribution >= 4 is 5.97 Å². The van der Waals surface area contributed by atoms with Crippen LogP contribution in [0.1, 0.15) is 64.0 Å². The number of likely N-dealkylation sites (tertiary alicyclic amines) is 1. The minimum absolute atomic E-state index is 0.230. The predicted octanol–water partition coefficient (Wildman–Crippen LogP) is 0.264. The molecule has 184 valence electrons. The Bertz CT molecular complexity index is 658. The Morgan fingerprint density at radius 1 is 1.03 bits per heavy atom. The van der Waals surface area contributed by atoms with Gasteiger partial charge in [0.25, 0.3) is 0 Å². The lowest BCUT2D eigenvalue weighted by atomic mass is 9.94. The molecular formula is C22H40N4O6. The minimum atomic E-state index is -1.19. The molecule has 1 aliphatic heterocycles. The number of carbonyl (C=O) groups is 1. The van der Waals surface area contributed by atoms with E-state index in [1.54, 1.807) is 0 Å². The van der Waals surface area contributed by atoms with E-state index in [4.69, 9.17) is 4.74 Å². The molecule has 10 nitrogen and oxygen atoms in total. The van der Waals surface area contributed by atoms with Crippen molar-refractivity contribution in [1.82, 2.24) is 19.9 Å². The monoisotopic (exact) mass is 456 g/mol. The van der Waals surface area contributed by atoms with Gasteiger partial charge in [-0.25, -0.2) is 0 Å². The fourth-order valence-corrected chi connectivity index (χ4v) is 4.14. The van der Waals surface area contributed by atoms with Crippen LogP contribution in [-0.2, 0) is 22.5 Å². The third-order valence-electron chi connectivity index (χ3n) is 6.02. The van der Waals surface area contributed by atoms with E-state index >= 15 is 0 Å². The number of nitrogens with zero attached hydrogens (tertiary/aromatic N) is 4. The summed E-state index contributed by atoms with van der Waals surface area (Å²) in [6.45, 7) is 3.41. The van der Waals surface area contributed by atoms with E-state index in [-0.39, 0.29) is 19.1 Å². The topological polar surface area (TPSA) is 141 Å². The smallest absolute Gasteiger partial charge is 0.302 e. The van der Waals surface area contributed by atoms with Crippen LogP contribution in [-0.4, -0.2) is 96.9 Å². The fraction of sp³-hybridized carbons (Fsp3) is 0.864. The van der Waals surface area contributed by atoms with Crippen LogP contribution in [0.4, 0.5) is 0 Å². The Hall–Kier alpha value is -1.59. The highest BCUT2D eigenvalue weighted by Gasteiger charge is 2.40. The van der Waals surface area contributed by atoms with Gasteiger partial charge in [0.05, 0.1) is 31.1 Å². The molecule has 0 radical (unpaired) electrons.